The van der Waals surface area contributed by atoms with Gasteiger partial charge >= 0.3 is 5.97 Å². The van der Waals surface area contributed by atoms with E-state index in [2.05, 4.69) is 38.6 Å². The SMILES string of the molecule is CC(C)(C)[S@+]([O-])N[C@H](CO[Si](C)(C)C(C)(C)C)c1ccc(C(=O)O)cc1Cl. The van der Waals surface area contributed by atoms with Gasteiger partial charge < -0.3 is 14.1 Å². The summed E-state index contributed by atoms with van der Waals surface area (Å²) in [6.07, 6.45) is 0. The largest absolute Gasteiger partial charge is 0.598 e. The van der Waals surface area contributed by atoms with Crippen molar-refractivity contribution in [3.8, 4) is 0 Å². The monoisotopic (exact) mass is 433 g/mol. The number of aromatic carboxylic acids is 1. The molecule has 0 aromatic heterocycles. The standard InChI is InChI=1S/C19H32ClNO4SSi/c1-18(2,3)26(24)21-16(12-25-27(7,8)19(4,5)6)14-10-9-13(17(22)23)11-15(14)20/h9-11,16,21H,12H2,1-8H3,(H,22,23)/t16-,26+/m1/s1. The number of hydrogen-bond donors (Lipinski definition) is 2. The summed E-state index contributed by atoms with van der Waals surface area (Å²) in [7, 11) is -2.02. The average Bonchev–Trinajstić information content (AvgIpc) is 2.49. The third kappa shape index (κ3) is 6.76. The van der Waals surface area contributed by atoms with Crippen LogP contribution in [0.1, 0.15) is 63.5 Å². The Hall–Kier alpha value is -0.573. The fraction of sp³-hybridized carbons (Fsp3) is 0.632. The van der Waals surface area contributed by atoms with Gasteiger partial charge in [-0.05, 0) is 56.6 Å². The zero-order chi connectivity index (χ0) is 21.2. The second kappa shape index (κ2) is 8.84. The van der Waals surface area contributed by atoms with Gasteiger partial charge in [-0.25, -0.2) is 4.79 Å². The first-order valence-electron chi connectivity index (χ1n) is 8.91. The van der Waals surface area contributed by atoms with Gasteiger partial charge in [0.1, 0.15) is 10.8 Å². The van der Waals surface area contributed by atoms with Crippen LogP contribution in [0.5, 0.6) is 0 Å². The zero-order valence-corrected chi connectivity index (χ0v) is 20.0. The van der Waals surface area contributed by atoms with Gasteiger partial charge in [0.25, 0.3) is 0 Å². The van der Waals surface area contributed by atoms with E-state index in [-0.39, 0.29) is 10.6 Å². The number of carboxylic acids is 1. The quantitative estimate of drug-likeness (QED) is 0.458. The van der Waals surface area contributed by atoms with Gasteiger partial charge in [-0.15, -0.1) is 4.72 Å². The molecule has 2 N–H and O–H groups in total. The molecule has 0 aliphatic carbocycles. The van der Waals surface area contributed by atoms with Gasteiger partial charge in [0.05, 0.1) is 12.2 Å². The Balaban J connectivity index is 3.17. The van der Waals surface area contributed by atoms with Crippen LogP contribution in [0.25, 0.3) is 0 Å². The minimum atomic E-state index is -2.02. The lowest BCUT2D eigenvalue weighted by Gasteiger charge is -2.38. The molecule has 0 unspecified atom stereocenters. The van der Waals surface area contributed by atoms with E-state index in [0.29, 0.717) is 17.2 Å². The van der Waals surface area contributed by atoms with Crippen LogP contribution in [0.3, 0.4) is 0 Å². The van der Waals surface area contributed by atoms with Crippen molar-refractivity contribution in [1.82, 2.24) is 4.72 Å². The van der Waals surface area contributed by atoms with Crippen LogP contribution in [0.4, 0.5) is 0 Å². The van der Waals surface area contributed by atoms with Crippen LogP contribution < -0.4 is 4.72 Å². The minimum Gasteiger partial charge on any atom is -0.598 e. The lowest BCUT2D eigenvalue weighted by atomic mass is 10.1. The summed E-state index contributed by atoms with van der Waals surface area (Å²) >= 11 is 5.03. The molecule has 2 atom stereocenters. The Bertz CT molecular complexity index is 671. The summed E-state index contributed by atoms with van der Waals surface area (Å²) in [5, 5.41) is 9.50. The van der Waals surface area contributed by atoms with E-state index in [9.17, 15) is 9.35 Å². The summed E-state index contributed by atoms with van der Waals surface area (Å²) in [6.45, 7) is 16.7. The summed E-state index contributed by atoms with van der Waals surface area (Å²) in [5.74, 6) is -1.04. The van der Waals surface area contributed by atoms with E-state index in [4.69, 9.17) is 21.1 Å². The number of carboxylic acid groups (broad SMARTS) is 1. The molecule has 8 heteroatoms. The maximum absolute atomic E-state index is 12.7. The van der Waals surface area contributed by atoms with Crippen molar-refractivity contribution in [3.63, 3.8) is 0 Å². The molecule has 1 aromatic carbocycles. The minimum absolute atomic E-state index is 0.0394. The predicted molar refractivity (Wildman–Crippen MR) is 115 cm³/mol. The molecule has 0 spiro atoms. The molecule has 0 aliphatic rings. The number of benzene rings is 1. The maximum Gasteiger partial charge on any atom is 0.335 e. The van der Waals surface area contributed by atoms with E-state index in [1.165, 1.54) is 12.1 Å². The Morgan fingerprint density at radius 1 is 1.30 bits per heavy atom. The second-order valence-corrected chi connectivity index (χ2v) is 16.4. The van der Waals surface area contributed by atoms with Crippen LogP contribution in [0.15, 0.2) is 18.2 Å². The third-order valence-electron chi connectivity index (χ3n) is 4.85. The second-order valence-electron chi connectivity index (χ2n) is 9.16. The van der Waals surface area contributed by atoms with Crippen molar-refractivity contribution in [1.29, 1.82) is 0 Å². The van der Waals surface area contributed by atoms with Crippen LogP contribution in [-0.2, 0) is 15.8 Å². The Labute approximate surface area is 172 Å². The molecule has 0 bridgehead atoms. The van der Waals surface area contributed by atoms with Gasteiger partial charge in [-0.3, -0.25) is 0 Å². The molecule has 0 amide bonds. The van der Waals surface area contributed by atoms with Crippen LogP contribution >= 0.6 is 11.6 Å². The molecule has 0 fully saturated rings. The van der Waals surface area contributed by atoms with Crippen molar-refractivity contribution in [2.45, 2.75) is 70.5 Å². The molecular weight excluding hydrogens is 402 g/mol. The number of carbonyl (C=O) groups is 1. The number of hydrogen-bond acceptors (Lipinski definition) is 4. The smallest absolute Gasteiger partial charge is 0.335 e. The Morgan fingerprint density at radius 2 is 1.85 bits per heavy atom. The molecule has 1 aromatic rings. The molecule has 154 valence electrons. The van der Waals surface area contributed by atoms with Crippen LogP contribution in [-0.4, -0.2) is 35.3 Å². The third-order valence-corrected chi connectivity index (χ3v) is 11.3. The number of halogens is 1. The molecule has 0 heterocycles. The van der Waals surface area contributed by atoms with Gasteiger partial charge in [-0.1, -0.05) is 38.4 Å². The van der Waals surface area contributed by atoms with Gasteiger partial charge in [-0.2, -0.15) is 0 Å². The average molecular weight is 434 g/mol. The van der Waals surface area contributed by atoms with Crippen molar-refractivity contribution < 1.29 is 18.9 Å². The summed E-state index contributed by atoms with van der Waals surface area (Å²) in [4.78, 5) is 11.2. The molecule has 0 radical (unpaired) electrons. The highest BCUT2D eigenvalue weighted by Gasteiger charge is 2.39. The van der Waals surface area contributed by atoms with Crippen molar-refractivity contribution in [2.75, 3.05) is 6.61 Å². The molecule has 1 rings (SSSR count). The lowest BCUT2D eigenvalue weighted by Crippen LogP contribution is -2.46. The van der Waals surface area contributed by atoms with E-state index in [1.807, 2.05) is 20.8 Å². The normalized spacial score (nSPS) is 15.5. The van der Waals surface area contributed by atoms with Gasteiger partial charge in [0, 0.05) is 16.4 Å². The fourth-order valence-electron chi connectivity index (χ4n) is 1.94. The Morgan fingerprint density at radius 3 is 2.26 bits per heavy atom. The van der Waals surface area contributed by atoms with Crippen LogP contribution in [0, 0.1) is 0 Å². The van der Waals surface area contributed by atoms with Gasteiger partial charge in [0.2, 0.25) is 0 Å². The van der Waals surface area contributed by atoms with E-state index in [0.717, 1.165) is 0 Å². The van der Waals surface area contributed by atoms with Crippen LogP contribution in [0.2, 0.25) is 23.2 Å². The molecule has 27 heavy (non-hydrogen) atoms. The summed E-state index contributed by atoms with van der Waals surface area (Å²) in [6, 6.07) is 4.18. The highest BCUT2D eigenvalue weighted by atomic mass is 35.5. The van der Waals surface area contributed by atoms with E-state index in [1.54, 1.807) is 6.07 Å². The van der Waals surface area contributed by atoms with E-state index < -0.39 is 36.4 Å². The maximum atomic E-state index is 12.7. The number of rotatable bonds is 7. The number of nitrogens with one attached hydrogen (secondary N) is 1. The lowest BCUT2D eigenvalue weighted by molar-refractivity contribution is 0.0697. The van der Waals surface area contributed by atoms with E-state index >= 15 is 0 Å². The summed E-state index contributed by atoms with van der Waals surface area (Å²) in [5.41, 5.74) is 0.794. The highest BCUT2D eigenvalue weighted by Crippen LogP contribution is 2.37. The van der Waals surface area contributed by atoms with Crippen molar-refractivity contribution in [3.05, 3.63) is 34.3 Å². The summed E-state index contributed by atoms with van der Waals surface area (Å²) < 4.78 is 21.7. The van der Waals surface area contributed by atoms with Gasteiger partial charge in [0.15, 0.2) is 8.32 Å². The fourth-order valence-corrected chi connectivity index (χ4v) is 4.08. The topological polar surface area (TPSA) is 81.6 Å². The van der Waals surface area contributed by atoms with Crippen molar-refractivity contribution >= 4 is 37.2 Å². The predicted octanol–water partition coefficient (Wildman–Crippen LogP) is 5.15. The highest BCUT2D eigenvalue weighted by molar-refractivity contribution is 7.90. The molecule has 5 nitrogen and oxygen atoms in total. The first-order chi connectivity index (χ1) is 12.1. The Kier molecular flexibility index (Phi) is 8.01. The molecule has 0 saturated heterocycles. The molecular formula is C19H32ClNO4SSi. The molecule has 0 saturated carbocycles. The van der Waals surface area contributed by atoms with Crippen molar-refractivity contribution in [2.24, 2.45) is 0 Å². The first-order valence-corrected chi connectivity index (χ1v) is 13.3. The zero-order valence-electron chi connectivity index (χ0n) is 17.5. The first kappa shape index (κ1) is 24.5. The molecule has 0 aliphatic heterocycles.